The Hall–Kier alpha value is -1.12. The molecule has 4 unspecified atom stereocenters. The van der Waals surface area contributed by atoms with Crippen LogP contribution in [0.5, 0.6) is 0 Å². The van der Waals surface area contributed by atoms with Gasteiger partial charge < -0.3 is 0 Å². The summed E-state index contributed by atoms with van der Waals surface area (Å²) in [5.41, 5.74) is 0.830. The van der Waals surface area contributed by atoms with Gasteiger partial charge in [0.2, 0.25) is 11.8 Å². The van der Waals surface area contributed by atoms with Gasteiger partial charge in [-0.2, -0.15) is 0 Å². The van der Waals surface area contributed by atoms with Crippen molar-refractivity contribution in [1.82, 2.24) is 4.90 Å². The fraction of sp³-hybridized carbons (Fsp3) is 0.733. The first kappa shape index (κ1) is 11.9. The average molecular weight is 247 g/mol. The van der Waals surface area contributed by atoms with Gasteiger partial charge in [0.05, 0.1) is 11.8 Å². The van der Waals surface area contributed by atoms with E-state index in [2.05, 4.69) is 40.7 Å². The minimum Gasteiger partial charge on any atom is -0.285 e. The van der Waals surface area contributed by atoms with E-state index in [0.29, 0.717) is 0 Å². The maximum absolute atomic E-state index is 12.4. The molecule has 4 atom stereocenters. The van der Waals surface area contributed by atoms with Crippen molar-refractivity contribution in [2.45, 2.75) is 34.6 Å². The molecule has 2 aliphatic carbocycles. The van der Waals surface area contributed by atoms with E-state index in [1.54, 1.807) is 7.05 Å². The van der Waals surface area contributed by atoms with Gasteiger partial charge in [-0.15, -0.1) is 0 Å². The van der Waals surface area contributed by atoms with Crippen LogP contribution in [-0.2, 0) is 9.59 Å². The highest BCUT2D eigenvalue weighted by molar-refractivity contribution is 6.07. The van der Waals surface area contributed by atoms with Crippen molar-refractivity contribution in [1.29, 1.82) is 0 Å². The van der Waals surface area contributed by atoms with Crippen molar-refractivity contribution in [2.75, 3.05) is 7.05 Å². The van der Waals surface area contributed by atoms with Gasteiger partial charge in [-0.3, -0.25) is 14.5 Å². The molecule has 3 heteroatoms. The van der Waals surface area contributed by atoms with Crippen LogP contribution >= 0.6 is 0 Å². The Labute approximate surface area is 108 Å². The maximum atomic E-state index is 12.4. The summed E-state index contributed by atoms with van der Waals surface area (Å²) in [7, 11) is 1.62. The highest BCUT2D eigenvalue weighted by Gasteiger charge is 2.77. The fourth-order valence-electron chi connectivity index (χ4n) is 4.94. The highest BCUT2D eigenvalue weighted by atomic mass is 16.2. The summed E-state index contributed by atoms with van der Waals surface area (Å²) in [5.74, 6) is -0.316. The third-order valence-electron chi connectivity index (χ3n) is 6.78. The Morgan fingerprint density at radius 2 is 1.56 bits per heavy atom. The lowest BCUT2D eigenvalue weighted by Crippen LogP contribution is -2.42. The average Bonchev–Trinajstić information content (AvgIpc) is 2.63. The summed E-state index contributed by atoms with van der Waals surface area (Å²) in [5, 5.41) is 0. The summed E-state index contributed by atoms with van der Waals surface area (Å²) < 4.78 is 0. The van der Waals surface area contributed by atoms with Crippen LogP contribution in [0, 0.1) is 28.1 Å². The number of amides is 2. The summed E-state index contributed by atoms with van der Waals surface area (Å²) in [4.78, 5) is 26.2. The SMILES string of the molecule is CC1=CC2(C)C3C(=O)N(C)C(=O)C3C1(C)C2(C)C. The smallest absolute Gasteiger partial charge is 0.233 e. The largest absolute Gasteiger partial charge is 0.285 e. The highest BCUT2D eigenvalue weighted by Crippen LogP contribution is 2.77. The second kappa shape index (κ2) is 2.73. The molecule has 2 amide bonds. The van der Waals surface area contributed by atoms with Gasteiger partial charge in [0, 0.05) is 17.9 Å². The number of fused-ring (bicyclic) bond motifs is 5. The van der Waals surface area contributed by atoms with Crippen LogP contribution in [-0.4, -0.2) is 23.8 Å². The van der Waals surface area contributed by atoms with E-state index in [1.165, 1.54) is 10.5 Å². The van der Waals surface area contributed by atoms with Crippen molar-refractivity contribution in [3.63, 3.8) is 0 Å². The minimum atomic E-state index is -0.200. The predicted octanol–water partition coefficient (Wildman–Crippen LogP) is 2.23. The summed E-state index contributed by atoms with van der Waals surface area (Å²) in [6.45, 7) is 10.8. The van der Waals surface area contributed by atoms with Crippen LogP contribution in [0.2, 0.25) is 0 Å². The Morgan fingerprint density at radius 3 is 2.11 bits per heavy atom. The van der Waals surface area contributed by atoms with Crippen molar-refractivity contribution < 1.29 is 9.59 Å². The van der Waals surface area contributed by atoms with Gasteiger partial charge >= 0.3 is 0 Å². The molecule has 3 rings (SSSR count). The Kier molecular flexibility index (Phi) is 1.81. The zero-order valence-electron chi connectivity index (χ0n) is 12.0. The van der Waals surface area contributed by atoms with Gasteiger partial charge in [-0.1, -0.05) is 39.3 Å². The molecule has 1 saturated heterocycles. The molecule has 18 heavy (non-hydrogen) atoms. The zero-order chi connectivity index (χ0) is 13.7. The number of carbonyl (C=O) groups is 2. The lowest BCUT2D eigenvalue weighted by Gasteiger charge is -2.42. The van der Waals surface area contributed by atoms with E-state index < -0.39 is 0 Å². The van der Waals surface area contributed by atoms with Crippen LogP contribution in [0.25, 0.3) is 0 Å². The first-order valence-electron chi connectivity index (χ1n) is 6.62. The molecule has 0 aromatic carbocycles. The predicted molar refractivity (Wildman–Crippen MR) is 68.5 cm³/mol. The molecule has 3 aliphatic rings. The standard InChI is InChI=1S/C15H21NO2/c1-8-7-14(4)9-10(12(18)16(6)11(9)17)15(8,5)13(14,2)3/h7,9-10H,1-6H3. The molecular weight excluding hydrogens is 226 g/mol. The molecule has 0 spiro atoms. The van der Waals surface area contributed by atoms with Crippen LogP contribution < -0.4 is 0 Å². The normalized spacial score (nSPS) is 48.8. The molecule has 0 aromatic heterocycles. The number of nitrogens with zero attached hydrogens (tertiary/aromatic N) is 1. The van der Waals surface area contributed by atoms with Gasteiger partial charge in [-0.05, 0) is 12.3 Å². The van der Waals surface area contributed by atoms with Gasteiger partial charge in [-0.25, -0.2) is 0 Å². The van der Waals surface area contributed by atoms with E-state index in [4.69, 9.17) is 0 Å². The number of hydrogen-bond donors (Lipinski definition) is 0. The topological polar surface area (TPSA) is 37.4 Å². The molecule has 2 bridgehead atoms. The second-order valence-corrected chi connectivity index (χ2v) is 7.13. The molecule has 1 saturated carbocycles. The molecule has 0 N–H and O–H groups in total. The number of likely N-dealkylation sites (tertiary alicyclic amines) is 1. The Morgan fingerprint density at radius 1 is 1.06 bits per heavy atom. The third-order valence-corrected chi connectivity index (χ3v) is 6.78. The summed E-state index contributed by atoms with van der Waals surface area (Å²) >= 11 is 0. The fourth-order valence-corrected chi connectivity index (χ4v) is 4.94. The number of imide groups is 1. The molecular formula is C15H21NO2. The molecule has 0 aromatic rings. The molecule has 1 heterocycles. The monoisotopic (exact) mass is 247 g/mol. The van der Waals surface area contributed by atoms with Crippen molar-refractivity contribution >= 4 is 11.8 Å². The van der Waals surface area contributed by atoms with Crippen LogP contribution in [0.1, 0.15) is 34.6 Å². The second-order valence-electron chi connectivity index (χ2n) is 7.13. The third kappa shape index (κ3) is 0.799. The minimum absolute atomic E-state index is 0.00745. The molecule has 3 nitrogen and oxygen atoms in total. The molecule has 0 radical (unpaired) electrons. The van der Waals surface area contributed by atoms with Crippen LogP contribution in [0.4, 0.5) is 0 Å². The molecule has 1 aliphatic heterocycles. The summed E-state index contributed by atoms with van der Waals surface area (Å²) in [6.07, 6.45) is 2.25. The Balaban J connectivity index is 2.31. The van der Waals surface area contributed by atoms with Crippen molar-refractivity contribution in [3.05, 3.63) is 11.6 Å². The number of hydrogen-bond acceptors (Lipinski definition) is 2. The number of carbonyl (C=O) groups excluding carboxylic acids is 2. The van der Waals surface area contributed by atoms with E-state index in [0.717, 1.165) is 0 Å². The molecule has 2 fully saturated rings. The van der Waals surface area contributed by atoms with E-state index >= 15 is 0 Å². The van der Waals surface area contributed by atoms with Crippen molar-refractivity contribution in [3.8, 4) is 0 Å². The van der Waals surface area contributed by atoms with Crippen LogP contribution in [0.15, 0.2) is 11.6 Å². The maximum Gasteiger partial charge on any atom is 0.233 e. The first-order chi connectivity index (χ1) is 8.10. The molecule has 98 valence electrons. The van der Waals surface area contributed by atoms with E-state index in [-0.39, 0.29) is 39.9 Å². The number of allylic oxidation sites excluding steroid dienone is 2. The van der Waals surface area contributed by atoms with Gasteiger partial charge in [0.1, 0.15) is 0 Å². The lowest BCUT2D eigenvalue weighted by molar-refractivity contribution is -0.141. The quantitative estimate of drug-likeness (QED) is 0.486. The van der Waals surface area contributed by atoms with E-state index in [1.807, 2.05) is 0 Å². The van der Waals surface area contributed by atoms with Gasteiger partial charge in [0.15, 0.2) is 0 Å². The van der Waals surface area contributed by atoms with Gasteiger partial charge in [0.25, 0.3) is 0 Å². The summed E-state index contributed by atoms with van der Waals surface area (Å²) in [6, 6.07) is 0. The Bertz CT molecular complexity index is 519. The zero-order valence-corrected chi connectivity index (χ0v) is 12.0. The number of rotatable bonds is 0. The lowest BCUT2D eigenvalue weighted by atomic mass is 9.61. The van der Waals surface area contributed by atoms with Crippen molar-refractivity contribution in [2.24, 2.45) is 28.1 Å². The van der Waals surface area contributed by atoms with Crippen LogP contribution in [0.3, 0.4) is 0 Å². The van der Waals surface area contributed by atoms with E-state index in [9.17, 15) is 9.59 Å². The first-order valence-corrected chi connectivity index (χ1v) is 6.62.